The van der Waals surface area contributed by atoms with Crippen LogP contribution in [0.3, 0.4) is 0 Å². The molecule has 1 aliphatic heterocycles. The summed E-state index contributed by atoms with van der Waals surface area (Å²) in [5.41, 5.74) is 1.23. The minimum absolute atomic E-state index is 0. The van der Waals surface area contributed by atoms with Gasteiger partial charge in [-0.2, -0.15) is 0 Å². The van der Waals surface area contributed by atoms with Gasteiger partial charge in [-0.1, -0.05) is 22.0 Å². The van der Waals surface area contributed by atoms with Crippen LogP contribution in [0.1, 0.15) is 16.5 Å². The quantitative estimate of drug-likeness (QED) is 0.765. The number of piperazine rings is 1. The lowest BCUT2D eigenvalue weighted by Gasteiger charge is -2.35. The van der Waals surface area contributed by atoms with Crippen molar-refractivity contribution in [1.82, 2.24) is 10.2 Å². The Morgan fingerprint density at radius 3 is 2.57 bits per heavy atom. The molecule has 3 nitrogen and oxygen atoms in total. The van der Waals surface area contributed by atoms with Crippen molar-refractivity contribution in [3.05, 3.63) is 50.6 Å². The van der Waals surface area contributed by atoms with Gasteiger partial charge in [-0.15, -0.1) is 36.2 Å². The highest BCUT2D eigenvalue weighted by molar-refractivity contribution is 9.10. The normalized spacial score (nSPS) is 16.1. The van der Waals surface area contributed by atoms with E-state index in [4.69, 9.17) is 4.74 Å². The van der Waals surface area contributed by atoms with Gasteiger partial charge in [0.1, 0.15) is 5.75 Å². The van der Waals surface area contributed by atoms with Crippen molar-refractivity contribution >= 4 is 52.1 Å². The number of hydrogen-bond donors (Lipinski definition) is 1. The molecule has 1 saturated heterocycles. The highest BCUT2D eigenvalue weighted by Crippen LogP contribution is 2.38. The molecule has 2 aromatic rings. The van der Waals surface area contributed by atoms with Gasteiger partial charge in [0.15, 0.2) is 0 Å². The second kappa shape index (κ2) is 9.87. The SMILES string of the molecule is COc1ccc(Br)cc1[C@@H](c1cccs1)N1CCNCC1.Cl.Cl. The summed E-state index contributed by atoms with van der Waals surface area (Å²) in [6, 6.07) is 10.9. The average Bonchev–Trinajstić information content (AvgIpc) is 3.03. The smallest absolute Gasteiger partial charge is 0.124 e. The van der Waals surface area contributed by atoms with Crippen LogP contribution in [-0.4, -0.2) is 38.2 Å². The van der Waals surface area contributed by atoms with Crippen molar-refractivity contribution < 1.29 is 4.74 Å². The van der Waals surface area contributed by atoms with Gasteiger partial charge in [0.05, 0.1) is 13.2 Å². The molecule has 1 aliphatic rings. The lowest BCUT2D eigenvalue weighted by atomic mass is 10.0. The molecule has 0 unspecified atom stereocenters. The molecule has 1 N–H and O–H groups in total. The van der Waals surface area contributed by atoms with E-state index >= 15 is 0 Å². The molecule has 0 amide bonds. The summed E-state index contributed by atoms with van der Waals surface area (Å²) in [6.07, 6.45) is 0. The van der Waals surface area contributed by atoms with Crippen molar-refractivity contribution in [3.63, 3.8) is 0 Å². The highest BCUT2D eigenvalue weighted by Gasteiger charge is 2.27. The van der Waals surface area contributed by atoms with Crippen LogP contribution in [-0.2, 0) is 0 Å². The summed E-state index contributed by atoms with van der Waals surface area (Å²) in [5, 5.41) is 5.58. The second-order valence-corrected chi connectivity index (χ2v) is 6.99. The van der Waals surface area contributed by atoms with Crippen LogP contribution in [0.15, 0.2) is 40.2 Å². The number of hydrogen-bond acceptors (Lipinski definition) is 4. The Labute approximate surface area is 162 Å². The second-order valence-electron chi connectivity index (χ2n) is 5.09. The first-order valence-corrected chi connectivity index (χ1v) is 8.78. The molecule has 128 valence electrons. The molecule has 0 spiro atoms. The molecule has 7 heteroatoms. The van der Waals surface area contributed by atoms with Crippen molar-refractivity contribution in [1.29, 1.82) is 0 Å². The number of nitrogens with one attached hydrogen (secondary N) is 1. The Morgan fingerprint density at radius 1 is 1.22 bits per heavy atom. The molecule has 0 saturated carbocycles. The Bertz CT molecular complexity index is 592. The van der Waals surface area contributed by atoms with Crippen LogP contribution in [0.4, 0.5) is 0 Å². The molecular formula is C16H21BrCl2N2OS. The summed E-state index contributed by atoms with van der Waals surface area (Å²) in [7, 11) is 1.75. The van der Waals surface area contributed by atoms with Crippen LogP contribution in [0, 0.1) is 0 Å². The lowest BCUT2D eigenvalue weighted by molar-refractivity contribution is 0.197. The van der Waals surface area contributed by atoms with E-state index in [-0.39, 0.29) is 30.9 Å². The maximum Gasteiger partial charge on any atom is 0.124 e. The Kier molecular flexibility index (Phi) is 8.90. The number of rotatable bonds is 4. The van der Waals surface area contributed by atoms with Crippen molar-refractivity contribution in [2.24, 2.45) is 0 Å². The Hall–Kier alpha value is -0.300. The number of halogens is 3. The first-order valence-electron chi connectivity index (χ1n) is 7.11. The molecule has 0 radical (unpaired) electrons. The largest absolute Gasteiger partial charge is 0.496 e. The van der Waals surface area contributed by atoms with E-state index in [1.165, 1.54) is 10.4 Å². The topological polar surface area (TPSA) is 24.5 Å². The number of thiophene rings is 1. The highest BCUT2D eigenvalue weighted by atomic mass is 79.9. The molecule has 1 aromatic carbocycles. The fraction of sp³-hybridized carbons (Fsp3) is 0.375. The summed E-state index contributed by atoms with van der Waals surface area (Å²) in [5.74, 6) is 0.954. The van der Waals surface area contributed by atoms with Crippen molar-refractivity contribution in [2.45, 2.75) is 6.04 Å². The van der Waals surface area contributed by atoms with Gasteiger partial charge in [-0.3, -0.25) is 4.90 Å². The summed E-state index contributed by atoms with van der Waals surface area (Å²) in [4.78, 5) is 3.90. The average molecular weight is 440 g/mol. The number of benzene rings is 1. The first-order chi connectivity index (χ1) is 10.3. The van der Waals surface area contributed by atoms with Gasteiger partial charge >= 0.3 is 0 Å². The summed E-state index contributed by atoms with van der Waals surface area (Å²) in [6.45, 7) is 4.19. The van der Waals surface area contributed by atoms with E-state index in [0.717, 1.165) is 36.4 Å². The minimum atomic E-state index is 0. The van der Waals surface area contributed by atoms with E-state index in [1.807, 2.05) is 23.5 Å². The molecule has 0 aliphatic carbocycles. The van der Waals surface area contributed by atoms with Crippen LogP contribution in [0.2, 0.25) is 0 Å². The Morgan fingerprint density at radius 2 is 1.96 bits per heavy atom. The zero-order valence-corrected chi connectivity index (χ0v) is 16.9. The molecule has 1 atom stereocenters. The van der Waals surface area contributed by atoms with E-state index in [0.29, 0.717) is 0 Å². The summed E-state index contributed by atoms with van der Waals surface area (Å²) >= 11 is 5.41. The van der Waals surface area contributed by atoms with E-state index in [1.54, 1.807) is 7.11 Å². The minimum Gasteiger partial charge on any atom is -0.496 e. The molecule has 1 aromatic heterocycles. The molecule has 2 heterocycles. The van der Waals surface area contributed by atoms with E-state index in [9.17, 15) is 0 Å². The zero-order chi connectivity index (χ0) is 14.7. The van der Waals surface area contributed by atoms with E-state index < -0.39 is 0 Å². The monoisotopic (exact) mass is 438 g/mol. The third-order valence-electron chi connectivity index (χ3n) is 3.82. The predicted molar refractivity (Wildman–Crippen MR) is 106 cm³/mol. The van der Waals surface area contributed by atoms with Gasteiger partial charge in [0, 0.05) is 41.1 Å². The van der Waals surface area contributed by atoms with Crippen molar-refractivity contribution in [2.75, 3.05) is 33.3 Å². The third kappa shape index (κ3) is 4.84. The standard InChI is InChI=1S/C16H19BrN2OS.2ClH/c1-20-14-5-4-12(17)11-13(14)16(15-3-2-10-21-15)19-8-6-18-7-9-19;;/h2-5,10-11,16,18H,6-9H2,1H3;2*1H/t16-;;/m0../s1. The summed E-state index contributed by atoms with van der Waals surface area (Å²) < 4.78 is 6.70. The van der Waals surface area contributed by atoms with Gasteiger partial charge in [-0.25, -0.2) is 0 Å². The number of ether oxygens (including phenoxy) is 1. The maximum absolute atomic E-state index is 5.61. The molecule has 1 fully saturated rings. The van der Waals surface area contributed by atoms with E-state index in [2.05, 4.69) is 49.7 Å². The fourth-order valence-electron chi connectivity index (χ4n) is 2.84. The number of methoxy groups -OCH3 is 1. The number of nitrogens with zero attached hydrogens (tertiary/aromatic N) is 1. The Balaban J connectivity index is 0.00000132. The van der Waals surface area contributed by atoms with Gasteiger partial charge < -0.3 is 10.1 Å². The van der Waals surface area contributed by atoms with Crippen LogP contribution in [0.5, 0.6) is 5.75 Å². The molecule has 0 bridgehead atoms. The maximum atomic E-state index is 5.61. The molecule has 23 heavy (non-hydrogen) atoms. The van der Waals surface area contributed by atoms with Crippen molar-refractivity contribution in [3.8, 4) is 5.75 Å². The fourth-order valence-corrected chi connectivity index (χ4v) is 4.09. The van der Waals surface area contributed by atoms with Gasteiger partial charge in [0.2, 0.25) is 0 Å². The lowest BCUT2D eigenvalue weighted by Crippen LogP contribution is -2.45. The molecular weight excluding hydrogens is 419 g/mol. The predicted octanol–water partition coefficient (Wildman–Crippen LogP) is 4.36. The van der Waals surface area contributed by atoms with Gasteiger partial charge in [0.25, 0.3) is 0 Å². The van der Waals surface area contributed by atoms with Crippen LogP contribution in [0.25, 0.3) is 0 Å². The first kappa shape index (κ1) is 20.7. The molecule has 3 rings (SSSR count). The zero-order valence-electron chi connectivity index (χ0n) is 12.8. The van der Waals surface area contributed by atoms with Gasteiger partial charge in [-0.05, 0) is 29.6 Å². The van der Waals surface area contributed by atoms with Crippen LogP contribution >= 0.6 is 52.1 Å². The van der Waals surface area contributed by atoms with Crippen LogP contribution < -0.4 is 10.1 Å². The third-order valence-corrected chi connectivity index (χ3v) is 5.23.